The standard InChI is InChI=1S/C10H8FN5S/c11-6-3-7(5-13-4-6)16-10-8(9(12)17)14-1-2-15-10/h1-5H,(H2,12,17)(H,15,16). The number of nitrogens with one attached hydrogen (secondary N) is 1. The summed E-state index contributed by atoms with van der Waals surface area (Å²) < 4.78 is 12.9. The second-order valence-corrected chi connectivity index (χ2v) is 3.57. The van der Waals surface area contributed by atoms with Crippen LogP contribution in [0.2, 0.25) is 0 Å². The van der Waals surface area contributed by atoms with E-state index in [4.69, 9.17) is 18.0 Å². The molecule has 0 bridgehead atoms. The van der Waals surface area contributed by atoms with E-state index in [1.54, 1.807) is 0 Å². The molecule has 0 unspecified atom stereocenters. The monoisotopic (exact) mass is 249 g/mol. The molecule has 0 aromatic carbocycles. The highest BCUT2D eigenvalue weighted by Gasteiger charge is 2.08. The fraction of sp³-hybridized carbons (Fsp3) is 0. The fourth-order valence-electron chi connectivity index (χ4n) is 1.23. The van der Waals surface area contributed by atoms with Gasteiger partial charge in [-0.25, -0.2) is 14.4 Å². The summed E-state index contributed by atoms with van der Waals surface area (Å²) in [5.74, 6) is -0.0804. The van der Waals surface area contributed by atoms with Gasteiger partial charge in [0.2, 0.25) is 0 Å². The van der Waals surface area contributed by atoms with Crippen LogP contribution in [0.3, 0.4) is 0 Å². The number of pyridine rings is 1. The summed E-state index contributed by atoms with van der Waals surface area (Å²) in [6, 6.07) is 1.28. The Hall–Kier alpha value is -2.15. The van der Waals surface area contributed by atoms with Crippen LogP contribution in [-0.4, -0.2) is 19.9 Å². The summed E-state index contributed by atoms with van der Waals surface area (Å²) in [4.78, 5) is 11.8. The first-order valence-electron chi connectivity index (χ1n) is 4.65. The van der Waals surface area contributed by atoms with Crippen LogP contribution >= 0.6 is 12.2 Å². The zero-order valence-electron chi connectivity index (χ0n) is 8.59. The summed E-state index contributed by atoms with van der Waals surface area (Å²) in [6.07, 6.45) is 5.53. The lowest BCUT2D eigenvalue weighted by Crippen LogP contribution is -2.15. The zero-order valence-corrected chi connectivity index (χ0v) is 9.41. The van der Waals surface area contributed by atoms with Crippen molar-refractivity contribution in [3.63, 3.8) is 0 Å². The molecule has 2 heterocycles. The normalized spacial score (nSPS) is 9.94. The third-order valence-electron chi connectivity index (χ3n) is 1.90. The smallest absolute Gasteiger partial charge is 0.159 e. The number of nitrogens with zero attached hydrogens (tertiary/aromatic N) is 3. The Morgan fingerprint density at radius 2 is 2.06 bits per heavy atom. The Labute approximate surface area is 102 Å². The first kappa shape index (κ1) is 11.3. The van der Waals surface area contributed by atoms with E-state index in [0.29, 0.717) is 17.2 Å². The highest BCUT2D eigenvalue weighted by molar-refractivity contribution is 7.80. The fourth-order valence-corrected chi connectivity index (χ4v) is 1.38. The minimum atomic E-state index is -0.448. The Bertz CT molecular complexity index is 560. The second-order valence-electron chi connectivity index (χ2n) is 3.13. The maximum absolute atomic E-state index is 12.9. The minimum absolute atomic E-state index is 0.116. The van der Waals surface area contributed by atoms with Gasteiger partial charge in [0.1, 0.15) is 16.5 Å². The maximum atomic E-state index is 12.9. The minimum Gasteiger partial charge on any atom is -0.388 e. The third kappa shape index (κ3) is 2.70. The summed E-state index contributed by atoms with van der Waals surface area (Å²) >= 11 is 4.84. The SMILES string of the molecule is NC(=S)c1nccnc1Nc1cncc(F)c1. The van der Waals surface area contributed by atoms with Gasteiger partial charge in [0.25, 0.3) is 0 Å². The largest absolute Gasteiger partial charge is 0.388 e. The van der Waals surface area contributed by atoms with Gasteiger partial charge in [-0.15, -0.1) is 0 Å². The molecule has 0 saturated heterocycles. The Balaban J connectivity index is 2.33. The third-order valence-corrected chi connectivity index (χ3v) is 2.09. The van der Waals surface area contributed by atoms with Crippen LogP contribution in [0.4, 0.5) is 15.9 Å². The van der Waals surface area contributed by atoms with Gasteiger partial charge in [-0.05, 0) is 0 Å². The average molecular weight is 249 g/mol. The van der Waals surface area contributed by atoms with Crippen LogP contribution in [0.15, 0.2) is 30.9 Å². The van der Waals surface area contributed by atoms with Crippen LogP contribution < -0.4 is 11.1 Å². The lowest BCUT2D eigenvalue weighted by Gasteiger charge is -2.08. The first-order chi connectivity index (χ1) is 8.16. The number of nitrogens with two attached hydrogens (primary N) is 1. The molecule has 5 nitrogen and oxygen atoms in total. The molecule has 0 spiro atoms. The lowest BCUT2D eigenvalue weighted by atomic mass is 10.3. The average Bonchev–Trinajstić information content (AvgIpc) is 2.29. The van der Waals surface area contributed by atoms with E-state index < -0.39 is 5.82 Å². The molecule has 86 valence electrons. The molecular weight excluding hydrogens is 241 g/mol. The number of thiocarbonyl (C=S) groups is 1. The van der Waals surface area contributed by atoms with Crippen molar-refractivity contribution in [3.8, 4) is 0 Å². The van der Waals surface area contributed by atoms with Crippen molar-refractivity contribution in [2.24, 2.45) is 5.73 Å². The second kappa shape index (κ2) is 4.79. The molecule has 0 aliphatic carbocycles. The van der Waals surface area contributed by atoms with Gasteiger partial charge in [-0.1, -0.05) is 12.2 Å². The molecule has 2 aromatic rings. The van der Waals surface area contributed by atoms with Gasteiger partial charge in [-0.2, -0.15) is 0 Å². The molecule has 0 aliphatic rings. The number of hydrogen-bond donors (Lipinski definition) is 2. The molecule has 0 atom stereocenters. The summed E-state index contributed by atoms with van der Waals surface area (Å²) in [5, 5.41) is 2.85. The van der Waals surface area contributed by atoms with Crippen molar-refractivity contribution >= 4 is 28.7 Å². The number of rotatable bonds is 3. The van der Waals surface area contributed by atoms with Gasteiger partial charge < -0.3 is 11.1 Å². The van der Waals surface area contributed by atoms with Gasteiger partial charge in [0.15, 0.2) is 5.82 Å². The van der Waals surface area contributed by atoms with Crippen molar-refractivity contribution in [3.05, 3.63) is 42.4 Å². The number of aromatic nitrogens is 3. The van der Waals surface area contributed by atoms with Gasteiger partial charge in [-0.3, -0.25) is 4.98 Å². The molecule has 3 N–H and O–H groups in total. The highest BCUT2D eigenvalue weighted by atomic mass is 32.1. The Kier molecular flexibility index (Phi) is 3.20. The van der Waals surface area contributed by atoms with Crippen molar-refractivity contribution in [1.82, 2.24) is 15.0 Å². The molecule has 17 heavy (non-hydrogen) atoms. The van der Waals surface area contributed by atoms with Crippen LogP contribution in [0, 0.1) is 5.82 Å². The van der Waals surface area contributed by atoms with Crippen molar-refractivity contribution < 1.29 is 4.39 Å². The van der Waals surface area contributed by atoms with E-state index >= 15 is 0 Å². The topological polar surface area (TPSA) is 76.7 Å². The van der Waals surface area contributed by atoms with Gasteiger partial charge in [0, 0.05) is 18.5 Å². The summed E-state index contributed by atoms with van der Waals surface area (Å²) in [7, 11) is 0. The van der Waals surface area contributed by atoms with Crippen LogP contribution in [-0.2, 0) is 0 Å². The molecule has 0 radical (unpaired) electrons. The van der Waals surface area contributed by atoms with E-state index in [-0.39, 0.29) is 4.99 Å². The number of anilines is 2. The molecule has 0 fully saturated rings. The molecule has 0 aliphatic heterocycles. The zero-order chi connectivity index (χ0) is 12.3. The van der Waals surface area contributed by atoms with Crippen molar-refractivity contribution in [2.45, 2.75) is 0 Å². The van der Waals surface area contributed by atoms with Gasteiger partial charge in [0.05, 0.1) is 18.1 Å². The van der Waals surface area contributed by atoms with Crippen LogP contribution in [0.25, 0.3) is 0 Å². The molecular formula is C10H8FN5S. The van der Waals surface area contributed by atoms with Crippen LogP contribution in [0.5, 0.6) is 0 Å². The molecule has 0 saturated carbocycles. The van der Waals surface area contributed by atoms with Crippen molar-refractivity contribution in [2.75, 3.05) is 5.32 Å². The Morgan fingerprint density at radius 1 is 1.29 bits per heavy atom. The summed E-state index contributed by atoms with van der Waals surface area (Å²) in [5.41, 5.74) is 6.30. The first-order valence-corrected chi connectivity index (χ1v) is 5.06. The van der Waals surface area contributed by atoms with E-state index in [2.05, 4.69) is 20.3 Å². The predicted octanol–water partition coefficient (Wildman–Crippen LogP) is 1.39. The van der Waals surface area contributed by atoms with E-state index in [9.17, 15) is 4.39 Å². The molecule has 2 aromatic heterocycles. The van der Waals surface area contributed by atoms with Gasteiger partial charge >= 0.3 is 0 Å². The molecule has 2 rings (SSSR count). The highest BCUT2D eigenvalue weighted by Crippen LogP contribution is 2.16. The molecule has 7 heteroatoms. The Morgan fingerprint density at radius 3 is 2.76 bits per heavy atom. The number of hydrogen-bond acceptors (Lipinski definition) is 5. The van der Waals surface area contributed by atoms with Crippen molar-refractivity contribution in [1.29, 1.82) is 0 Å². The van der Waals surface area contributed by atoms with E-state index in [0.717, 1.165) is 6.20 Å². The number of halogens is 1. The maximum Gasteiger partial charge on any atom is 0.159 e. The van der Waals surface area contributed by atoms with Crippen LogP contribution in [0.1, 0.15) is 5.69 Å². The molecule has 0 amide bonds. The predicted molar refractivity (Wildman–Crippen MR) is 65.4 cm³/mol. The van der Waals surface area contributed by atoms with E-state index in [1.807, 2.05) is 0 Å². The lowest BCUT2D eigenvalue weighted by molar-refractivity contribution is 0.622. The van der Waals surface area contributed by atoms with E-state index in [1.165, 1.54) is 24.7 Å². The summed E-state index contributed by atoms with van der Waals surface area (Å²) in [6.45, 7) is 0. The quantitative estimate of drug-likeness (QED) is 0.800.